The lowest BCUT2D eigenvalue weighted by atomic mass is 10.2. The molecule has 7 heteroatoms. The van der Waals surface area contributed by atoms with Gasteiger partial charge in [0.2, 0.25) is 11.5 Å². The van der Waals surface area contributed by atoms with Gasteiger partial charge >= 0.3 is 0 Å². The van der Waals surface area contributed by atoms with Crippen LogP contribution in [0, 0.1) is 0 Å². The summed E-state index contributed by atoms with van der Waals surface area (Å²) in [6.07, 6.45) is 0. The molecule has 0 atom stereocenters. The van der Waals surface area contributed by atoms with Crippen molar-refractivity contribution in [3.8, 4) is 5.75 Å². The van der Waals surface area contributed by atoms with Crippen molar-refractivity contribution in [3.63, 3.8) is 0 Å². The van der Waals surface area contributed by atoms with Gasteiger partial charge < -0.3 is 15.8 Å². The molecule has 2 rings (SSSR count). The quantitative estimate of drug-likeness (QED) is 0.820. The highest BCUT2D eigenvalue weighted by Gasteiger charge is 2.15. The molecule has 1 aromatic carbocycles. The third-order valence-electron chi connectivity index (χ3n) is 2.34. The minimum absolute atomic E-state index is 0.0106. The lowest BCUT2D eigenvalue weighted by Gasteiger charge is -2.04. The number of carbonyl (C=O) groups excluding carboxylic acids is 1. The van der Waals surface area contributed by atoms with Crippen LogP contribution in [-0.4, -0.2) is 23.3 Å². The van der Waals surface area contributed by atoms with Gasteiger partial charge in [-0.2, -0.15) is 0 Å². The predicted octanol–water partition coefficient (Wildman–Crippen LogP) is 0.590. The first-order valence-electron chi connectivity index (χ1n) is 5.20. The van der Waals surface area contributed by atoms with E-state index in [1.807, 2.05) is 24.3 Å². The van der Waals surface area contributed by atoms with E-state index in [9.17, 15) is 4.79 Å². The fraction of sp³-hybridized carbons (Fsp3) is 0.182. The highest BCUT2D eigenvalue weighted by Crippen LogP contribution is 2.11. The highest BCUT2D eigenvalue weighted by atomic mass is 16.6. The number of methoxy groups -OCH3 is 1. The molecule has 0 radical (unpaired) electrons. The minimum atomic E-state index is -0.426. The van der Waals surface area contributed by atoms with E-state index in [0.29, 0.717) is 6.54 Å². The molecule has 2 aromatic rings. The molecule has 0 unspecified atom stereocenters. The normalized spacial score (nSPS) is 10.1. The molecule has 0 aliphatic heterocycles. The number of nitrogens with one attached hydrogen (secondary N) is 1. The third-order valence-corrected chi connectivity index (χ3v) is 2.34. The maximum absolute atomic E-state index is 11.6. The van der Waals surface area contributed by atoms with Gasteiger partial charge in [-0.3, -0.25) is 4.79 Å². The third kappa shape index (κ3) is 2.57. The van der Waals surface area contributed by atoms with Crippen LogP contribution in [0.15, 0.2) is 28.9 Å². The van der Waals surface area contributed by atoms with Crippen molar-refractivity contribution < 1.29 is 14.2 Å². The van der Waals surface area contributed by atoms with Crippen molar-refractivity contribution in [2.75, 3.05) is 12.8 Å². The molecule has 0 spiro atoms. The van der Waals surface area contributed by atoms with Crippen LogP contribution >= 0.6 is 0 Å². The predicted molar refractivity (Wildman–Crippen MR) is 62.9 cm³/mol. The number of nitrogens with two attached hydrogens (primary N) is 1. The number of ether oxygens (including phenoxy) is 1. The number of amides is 1. The summed E-state index contributed by atoms with van der Waals surface area (Å²) in [5.74, 6) is 0.307. The van der Waals surface area contributed by atoms with Gasteiger partial charge in [0, 0.05) is 6.54 Å². The first-order valence-corrected chi connectivity index (χ1v) is 5.20. The van der Waals surface area contributed by atoms with Crippen LogP contribution < -0.4 is 15.8 Å². The Morgan fingerprint density at radius 3 is 2.67 bits per heavy atom. The molecular weight excluding hydrogens is 236 g/mol. The number of carbonyl (C=O) groups is 1. The molecule has 7 nitrogen and oxygen atoms in total. The van der Waals surface area contributed by atoms with E-state index >= 15 is 0 Å². The molecule has 0 bridgehead atoms. The lowest BCUT2D eigenvalue weighted by Crippen LogP contribution is -2.24. The second-order valence-corrected chi connectivity index (χ2v) is 3.53. The number of rotatable bonds is 4. The topological polar surface area (TPSA) is 103 Å². The largest absolute Gasteiger partial charge is 0.497 e. The zero-order valence-corrected chi connectivity index (χ0v) is 9.71. The Kier molecular flexibility index (Phi) is 3.42. The van der Waals surface area contributed by atoms with E-state index in [4.69, 9.17) is 10.5 Å². The molecule has 0 fully saturated rings. The number of aromatic nitrogens is 2. The monoisotopic (exact) mass is 248 g/mol. The van der Waals surface area contributed by atoms with Gasteiger partial charge in [0.05, 0.1) is 7.11 Å². The van der Waals surface area contributed by atoms with Crippen LogP contribution in [0.2, 0.25) is 0 Å². The minimum Gasteiger partial charge on any atom is -0.497 e. The average Bonchev–Trinajstić information content (AvgIpc) is 2.83. The summed E-state index contributed by atoms with van der Waals surface area (Å²) in [5.41, 5.74) is 6.32. The second kappa shape index (κ2) is 5.17. The summed E-state index contributed by atoms with van der Waals surface area (Å²) < 4.78 is 9.38. The lowest BCUT2D eigenvalue weighted by molar-refractivity contribution is 0.0941. The Labute approximate surface area is 103 Å². The van der Waals surface area contributed by atoms with Gasteiger partial charge in [-0.15, -0.1) is 0 Å². The fourth-order valence-corrected chi connectivity index (χ4v) is 1.36. The fourth-order valence-electron chi connectivity index (χ4n) is 1.36. The number of nitrogen functional groups attached to an aromatic ring is 1. The molecule has 0 saturated heterocycles. The van der Waals surface area contributed by atoms with Gasteiger partial charge in [0.25, 0.3) is 5.91 Å². The Balaban J connectivity index is 1.95. The van der Waals surface area contributed by atoms with Gasteiger partial charge in [-0.05, 0) is 28.0 Å². The van der Waals surface area contributed by atoms with Crippen molar-refractivity contribution in [3.05, 3.63) is 35.5 Å². The number of hydrogen-bond acceptors (Lipinski definition) is 6. The van der Waals surface area contributed by atoms with E-state index < -0.39 is 5.91 Å². The Bertz CT molecular complexity index is 535. The summed E-state index contributed by atoms with van der Waals surface area (Å²) in [7, 11) is 1.59. The molecule has 1 heterocycles. The average molecular weight is 248 g/mol. The number of benzene rings is 1. The van der Waals surface area contributed by atoms with Crippen molar-refractivity contribution in [2.24, 2.45) is 0 Å². The van der Waals surface area contributed by atoms with Gasteiger partial charge in [-0.25, -0.2) is 4.63 Å². The summed E-state index contributed by atoms with van der Waals surface area (Å²) >= 11 is 0. The molecule has 94 valence electrons. The van der Waals surface area contributed by atoms with Crippen LogP contribution in [0.1, 0.15) is 16.1 Å². The van der Waals surface area contributed by atoms with E-state index in [1.165, 1.54) is 0 Å². The van der Waals surface area contributed by atoms with Gasteiger partial charge in [0.1, 0.15) is 5.75 Å². The summed E-state index contributed by atoms with van der Waals surface area (Å²) in [4.78, 5) is 11.6. The summed E-state index contributed by atoms with van der Waals surface area (Å²) in [6.45, 7) is 0.356. The van der Waals surface area contributed by atoms with Crippen molar-refractivity contribution in [1.82, 2.24) is 15.6 Å². The smallest absolute Gasteiger partial charge is 0.277 e. The van der Waals surface area contributed by atoms with E-state index in [2.05, 4.69) is 20.3 Å². The van der Waals surface area contributed by atoms with Crippen LogP contribution in [0.5, 0.6) is 5.75 Å². The number of nitrogens with zero attached hydrogens (tertiary/aromatic N) is 2. The molecule has 1 amide bonds. The highest BCUT2D eigenvalue weighted by molar-refractivity contribution is 5.95. The molecular formula is C11H12N4O3. The Morgan fingerprint density at radius 2 is 2.11 bits per heavy atom. The molecule has 0 aliphatic rings. The Hall–Kier alpha value is -2.57. The first kappa shape index (κ1) is 11.9. The zero-order chi connectivity index (χ0) is 13.0. The molecule has 3 N–H and O–H groups in total. The van der Waals surface area contributed by atoms with Crippen molar-refractivity contribution >= 4 is 11.7 Å². The molecule has 1 aromatic heterocycles. The van der Waals surface area contributed by atoms with Crippen LogP contribution in [0.25, 0.3) is 0 Å². The first-order chi connectivity index (χ1) is 8.70. The maximum Gasteiger partial charge on any atom is 0.277 e. The van der Waals surface area contributed by atoms with E-state index in [1.54, 1.807) is 7.11 Å². The van der Waals surface area contributed by atoms with Crippen molar-refractivity contribution in [1.29, 1.82) is 0 Å². The standard InChI is InChI=1S/C11H12N4O3/c1-17-8-4-2-7(3-5-8)6-13-11(16)9-10(12)15-18-14-9/h2-5H,6H2,1H3,(H2,12,15)(H,13,16). The number of anilines is 1. The van der Waals surface area contributed by atoms with Gasteiger partial charge in [0.15, 0.2) is 0 Å². The molecule has 0 aliphatic carbocycles. The van der Waals surface area contributed by atoms with E-state index in [0.717, 1.165) is 11.3 Å². The summed E-state index contributed by atoms with van der Waals surface area (Å²) in [6, 6.07) is 7.33. The van der Waals surface area contributed by atoms with Crippen LogP contribution in [0.4, 0.5) is 5.82 Å². The van der Waals surface area contributed by atoms with Crippen LogP contribution in [0.3, 0.4) is 0 Å². The number of hydrogen-bond donors (Lipinski definition) is 2. The van der Waals surface area contributed by atoms with E-state index in [-0.39, 0.29) is 11.5 Å². The van der Waals surface area contributed by atoms with Gasteiger partial charge in [-0.1, -0.05) is 12.1 Å². The Morgan fingerprint density at radius 1 is 1.39 bits per heavy atom. The summed E-state index contributed by atoms with van der Waals surface area (Å²) in [5, 5.41) is 9.40. The SMILES string of the molecule is COc1ccc(CNC(=O)c2nonc2N)cc1. The maximum atomic E-state index is 11.6. The zero-order valence-electron chi connectivity index (χ0n) is 9.71. The van der Waals surface area contributed by atoms with Crippen molar-refractivity contribution in [2.45, 2.75) is 6.54 Å². The molecule has 18 heavy (non-hydrogen) atoms. The molecule has 0 saturated carbocycles. The van der Waals surface area contributed by atoms with Crippen LogP contribution in [-0.2, 0) is 6.54 Å². The second-order valence-electron chi connectivity index (χ2n) is 3.53.